The number of hydrogen-bond donors (Lipinski definition) is 1. The van der Waals surface area contributed by atoms with Crippen LogP contribution in [-0.4, -0.2) is 21.7 Å². The maximum Gasteiger partial charge on any atom is 0.276 e. The summed E-state index contributed by atoms with van der Waals surface area (Å²) in [7, 11) is 1.60. The molecule has 3 aromatic carbocycles. The van der Waals surface area contributed by atoms with Gasteiger partial charge in [-0.2, -0.15) is 5.26 Å². The van der Waals surface area contributed by atoms with Gasteiger partial charge >= 0.3 is 0 Å². The van der Waals surface area contributed by atoms with Crippen molar-refractivity contribution in [1.29, 1.82) is 5.26 Å². The SMILES string of the molecule is COc1cccc(-c2[nH]n3c(=O)c(C)c(-c4ccc(C#N)cc4)nc3c2-c2ccc(Cl)cc2Cl)c1. The molecule has 0 bridgehead atoms. The van der Waals surface area contributed by atoms with Crippen LogP contribution in [0.3, 0.4) is 0 Å². The van der Waals surface area contributed by atoms with Crippen molar-refractivity contribution in [1.82, 2.24) is 14.6 Å². The number of nitriles is 1. The van der Waals surface area contributed by atoms with Gasteiger partial charge in [0.15, 0.2) is 5.65 Å². The molecule has 8 heteroatoms. The van der Waals surface area contributed by atoms with Gasteiger partial charge in [-0.1, -0.05) is 53.5 Å². The maximum atomic E-state index is 13.5. The highest BCUT2D eigenvalue weighted by atomic mass is 35.5. The molecule has 0 radical (unpaired) electrons. The summed E-state index contributed by atoms with van der Waals surface area (Å²) < 4.78 is 6.84. The minimum Gasteiger partial charge on any atom is -0.497 e. The lowest BCUT2D eigenvalue weighted by molar-refractivity contribution is 0.415. The summed E-state index contributed by atoms with van der Waals surface area (Å²) in [5, 5.41) is 13.3. The van der Waals surface area contributed by atoms with Gasteiger partial charge < -0.3 is 4.74 Å². The van der Waals surface area contributed by atoms with E-state index in [1.165, 1.54) is 4.52 Å². The second kappa shape index (κ2) is 8.95. The molecular formula is C27H18Cl2N4O2. The topological polar surface area (TPSA) is 83.2 Å². The number of ether oxygens (including phenoxy) is 1. The summed E-state index contributed by atoms with van der Waals surface area (Å²) >= 11 is 12.8. The van der Waals surface area contributed by atoms with Gasteiger partial charge in [0.05, 0.1) is 40.7 Å². The highest BCUT2D eigenvalue weighted by Gasteiger charge is 2.23. The molecule has 172 valence electrons. The number of methoxy groups -OCH3 is 1. The molecule has 35 heavy (non-hydrogen) atoms. The monoisotopic (exact) mass is 500 g/mol. The first-order chi connectivity index (χ1) is 16.9. The molecule has 0 spiro atoms. The van der Waals surface area contributed by atoms with E-state index >= 15 is 0 Å². The van der Waals surface area contributed by atoms with Gasteiger partial charge in [0.25, 0.3) is 5.56 Å². The van der Waals surface area contributed by atoms with Crippen molar-refractivity contribution in [2.45, 2.75) is 6.92 Å². The summed E-state index contributed by atoms with van der Waals surface area (Å²) in [5.74, 6) is 0.670. The largest absolute Gasteiger partial charge is 0.497 e. The molecule has 0 fully saturated rings. The highest BCUT2D eigenvalue weighted by Crippen LogP contribution is 2.40. The molecule has 5 rings (SSSR count). The molecule has 0 aliphatic carbocycles. The highest BCUT2D eigenvalue weighted by molar-refractivity contribution is 6.36. The summed E-state index contributed by atoms with van der Waals surface area (Å²) in [4.78, 5) is 18.4. The van der Waals surface area contributed by atoms with Crippen LogP contribution in [0.15, 0.2) is 71.5 Å². The molecule has 0 amide bonds. The van der Waals surface area contributed by atoms with Crippen molar-refractivity contribution < 1.29 is 4.74 Å². The summed E-state index contributed by atoms with van der Waals surface area (Å²) in [6, 6.07) is 21.8. The standard InChI is InChI=1S/C27H18Cl2N4O2/c1-15-24(17-8-6-16(14-30)7-9-17)31-26-23(21-11-10-19(28)13-22(21)29)25(32-33(26)27(15)34)18-4-3-5-20(12-18)35-2/h3-13,32H,1-2H3. The Balaban J connectivity index is 1.87. The van der Waals surface area contributed by atoms with E-state index in [4.69, 9.17) is 38.2 Å². The average molecular weight is 501 g/mol. The van der Waals surface area contributed by atoms with Crippen LogP contribution >= 0.6 is 23.2 Å². The fourth-order valence-electron chi connectivity index (χ4n) is 4.07. The number of fused-ring (bicyclic) bond motifs is 1. The van der Waals surface area contributed by atoms with E-state index in [9.17, 15) is 4.79 Å². The zero-order valence-electron chi connectivity index (χ0n) is 18.8. The van der Waals surface area contributed by atoms with Crippen molar-refractivity contribution in [3.8, 4) is 45.5 Å². The van der Waals surface area contributed by atoms with Crippen molar-refractivity contribution in [2.75, 3.05) is 7.11 Å². The molecule has 5 aromatic rings. The number of nitrogens with one attached hydrogen (secondary N) is 1. The lowest BCUT2D eigenvalue weighted by atomic mass is 10.0. The van der Waals surface area contributed by atoms with Crippen LogP contribution in [0.4, 0.5) is 0 Å². The van der Waals surface area contributed by atoms with Crippen LogP contribution in [0.25, 0.3) is 39.3 Å². The molecular weight excluding hydrogens is 483 g/mol. The lowest BCUT2D eigenvalue weighted by Crippen LogP contribution is -2.19. The molecule has 0 saturated heterocycles. The van der Waals surface area contributed by atoms with Gasteiger partial charge in [0.1, 0.15) is 5.75 Å². The van der Waals surface area contributed by atoms with Crippen LogP contribution in [0.1, 0.15) is 11.1 Å². The Bertz CT molecular complexity index is 1700. The predicted octanol–water partition coefficient (Wildman–Crippen LogP) is 6.52. The van der Waals surface area contributed by atoms with Gasteiger partial charge in [-0.3, -0.25) is 9.89 Å². The van der Waals surface area contributed by atoms with Crippen molar-refractivity contribution in [3.05, 3.63) is 98.3 Å². The molecule has 6 nitrogen and oxygen atoms in total. The van der Waals surface area contributed by atoms with Crippen molar-refractivity contribution in [2.24, 2.45) is 0 Å². The van der Waals surface area contributed by atoms with Gasteiger partial charge in [0, 0.05) is 27.3 Å². The minimum absolute atomic E-state index is 0.241. The van der Waals surface area contributed by atoms with E-state index in [2.05, 4.69) is 11.2 Å². The first-order valence-electron chi connectivity index (χ1n) is 10.7. The first kappa shape index (κ1) is 22.7. The molecule has 0 atom stereocenters. The third kappa shape index (κ3) is 3.95. The normalized spacial score (nSPS) is 10.9. The Morgan fingerprint density at radius 2 is 1.80 bits per heavy atom. The fourth-order valence-corrected chi connectivity index (χ4v) is 4.58. The summed E-state index contributed by atoms with van der Waals surface area (Å²) in [6.45, 7) is 1.73. The van der Waals surface area contributed by atoms with Gasteiger partial charge in [0.2, 0.25) is 0 Å². The minimum atomic E-state index is -0.241. The van der Waals surface area contributed by atoms with Gasteiger partial charge in [-0.25, -0.2) is 9.50 Å². The van der Waals surface area contributed by atoms with Crippen LogP contribution in [-0.2, 0) is 0 Å². The van der Waals surface area contributed by atoms with E-state index in [-0.39, 0.29) is 5.56 Å². The lowest BCUT2D eigenvalue weighted by Gasteiger charge is -2.09. The Kier molecular flexibility index (Phi) is 5.81. The Labute approximate surface area is 210 Å². The van der Waals surface area contributed by atoms with Crippen LogP contribution in [0, 0.1) is 18.3 Å². The zero-order chi connectivity index (χ0) is 24.7. The number of aromatic nitrogens is 3. The zero-order valence-corrected chi connectivity index (χ0v) is 20.3. The quantitative estimate of drug-likeness (QED) is 0.304. The van der Waals surface area contributed by atoms with Gasteiger partial charge in [-0.15, -0.1) is 0 Å². The van der Waals surface area contributed by atoms with Crippen LogP contribution in [0.5, 0.6) is 5.75 Å². The van der Waals surface area contributed by atoms with Crippen LogP contribution in [0.2, 0.25) is 10.0 Å². The van der Waals surface area contributed by atoms with Crippen LogP contribution < -0.4 is 10.3 Å². The summed E-state index contributed by atoms with van der Waals surface area (Å²) in [5.41, 5.74) is 5.24. The number of halogens is 2. The van der Waals surface area contributed by atoms with Crippen molar-refractivity contribution in [3.63, 3.8) is 0 Å². The summed E-state index contributed by atoms with van der Waals surface area (Å²) in [6.07, 6.45) is 0. The average Bonchev–Trinajstić information content (AvgIpc) is 3.26. The number of rotatable bonds is 4. The van der Waals surface area contributed by atoms with E-state index < -0.39 is 0 Å². The number of hydrogen-bond acceptors (Lipinski definition) is 4. The van der Waals surface area contributed by atoms with E-state index in [0.29, 0.717) is 55.1 Å². The second-order valence-electron chi connectivity index (χ2n) is 7.96. The third-order valence-corrected chi connectivity index (χ3v) is 6.40. The number of aromatic amines is 1. The molecule has 0 saturated carbocycles. The molecule has 0 aliphatic heterocycles. The number of benzene rings is 3. The Morgan fingerprint density at radius 3 is 2.49 bits per heavy atom. The fraction of sp³-hybridized carbons (Fsp3) is 0.0741. The van der Waals surface area contributed by atoms with E-state index in [0.717, 1.165) is 11.1 Å². The second-order valence-corrected chi connectivity index (χ2v) is 8.80. The molecule has 1 N–H and O–H groups in total. The molecule has 2 heterocycles. The number of H-pyrrole nitrogens is 1. The number of nitrogens with zero attached hydrogens (tertiary/aromatic N) is 3. The molecule has 0 aliphatic rings. The van der Waals surface area contributed by atoms with E-state index in [1.54, 1.807) is 50.4 Å². The first-order valence-corrected chi connectivity index (χ1v) is 11.4. The Hall–Kier alpha value is -4.05. The van der Waals surface area contributed by atoms with E-state index in [1.807, 2.05) is 30.3 Å². The maximum absolute atomic E-state index is 13.5. The smallest absolute Gasteiger partial charge is 0.276 e. The van der Waals surface area contributed by atoms with Crippen molar-refractivity contribution >= 4 is 28.8 Å². The molecule has 2 aromatic heterocycles. The Morgan fingerprint density at radius 1 is 1.03 bits per heavy atom. The molecule has 0 unspecified atom stereocenters. The van der Waals surface area contributed by atoms with Gasteiger partial charge in [-0.05, 0) is 43.3 Å². The predicted molar refractivity (Wildman–Crippen MR) is 138 cm³/mol. The third-order valence-electron chi connectivity index (χ3n) is 5.85.